The Bertz CT molecular complexity index is 1110. The first-order chi connectivity index (χ1) is 14.1. The lowest BCUT2D eigenvalue weighted by Crippen LogP contribution is -2.47. The van der Waals surface area contributed by atoms with Crippen LogP contribution in [0.15, 0.2) is 29.1 Å². The van der Waals surface area contributed by atoms with Gasteiger partial charge >= 0.3 is 0 Å². The summed E-state index contributed by atoms with van der Waals surface area (Å²) in [5.74, 6) is 0.582. The number of anilines is 1. The second-order valence-corrected chi connectivity index (χ2v) is 9.14. The van der Waals surface area contributed by atoms with E-state index in [0.29, 0.717) is 0 Å². The molecule has 0 radical (unpaired) electrons. The van der Waals surface area contributed by atoms with Gasteiger partial charge in [-0.2, -0.15) is 0 Å². The molecule has 0 spiro atoms. The molecule has 3 aromatic rings. The van der Waals surface area contributed by atoms with Crippen LogP contribution in [0.25, 0.3) is 10.2 Å². The van der Waals surface area contributed by atoms with Crippen LogP contribution in [0.1, 0.15) is 28.8 Å². The van der Waals surface area contributed by atoms with Gasteiger partial charge in [-0.25, -0.2) is 9.37 Å². The fraction of sp³-hybridized carbons (Fsp3) is 0.455. The number of nitrogens with zero attached hydrogens (tertiary/aromatic N) is 4. The average molecular weight is 413 g/mol. The third kappa shape index (κ3) is 3.46. The number of aryl methyl sites for hydroxylation is 2. The molecule has 0 unspecified atom stereocenters. The van der Waals surface area contributed by atoms with E-state index in [1.54, 1.807) is 28.0 Å². The summed E-state index contributed by atoms with van der Waals surface area (Å²) < 4.78 is 15.2. The summed E-state index contributed by atoms with van der Waals surface area (Å²) in [5.41, 5.74) is 2.33. The molecule has 1 aromatic carbocycles. The normalized spacial score (nSPS) is 17.7. The third-order valence-electron chi connectivity index (χ3n) is 6.12. The van der Waals surface area contributed by atoms with Crippen molar-refractivity contribution in [2.24, 2.45) is 7.05 Å². The lowest BCUT2D eigenvalue weighted by Gasteiger charge is -2.35. The predicted molar refractivity (Wildman–Crippen MR) is 115 cm³/mol. The number of rotatable bonds is 3. The smallest absolute Gasteiger partial charge is 0.263 e. The van der Waals surface area contributed by atoms with Crippen LogP contribution in [-0.2, 0) is 26.4 Å². The Morgan fingerprint density at radius 2 is 1.93 bits per heavy atom. The summed E-state index contributed by atoms with van der Waals surface area (Å²) in [6.07, 6.45) is 4.45. The van der Waals surface area contributed by atoms with Crippen molar-refractivity contribution >= 4 is 27.5 Å². The Morgan fingerprint density at radius 1 is 1.14 bits per heavy atom. The Balaban J connectivity index is 1.36. The minimum absolute atomic E-state index is 0.0894. The quantitative estimate of drug-likeness (QED) is 0.662. The van der Waals surface area contributed by atoms with Crippen molar-refractivity contribution in [3.63, 3.8) is 0 Å². The van der Waals surface area contributed by atoms with Gasteiger partial charge in [-0.3, -0.25) is 14.3 Å². The zero-order valence-corrected chi connectivity index (χ0v) is 17.5. The van der Waals surface area contributed by atoms with Crippen LogP contribution in [0.4, 0.5) is 10.3 Å². The number of thiophene rings is 1. The molecule has 7 heteroatoms. The summed E-state index contributed by atoms with van der Waals surface area (Å²) in [6.45, 7) is 4.10. The second-order valence-electron chi connectivity index (χ2n) is 8.06. The van der Waals surface area contributed by atoms with E-state index in [2.05, 4.69) is 9.80 Å². The van der Waals surface area contributed by atoms with Gasteiger partial charge in [-0.05, 0) is 48.9 Å². The van der Waals surface area contributed by atoms with Gasteiger partial charge in [0, 0.05) is 44.6 Å². The summed E-state index contributed by atoms with van der Waals surface area (Å²) >= 11 is 1.71. The molecule has 0 atom stereocenters. The van der Waals surface area contributed by atoms with Crippen LogP contribution >= 0.6 is 11.3 Å². The van der Waals surface area contributed by atoms with Crippen molar-refractivity contribution in [3.05, 3.63) is 56.4 Å². The van der Waals surface area contributed by atoms with Crippen LogP contribution in [0, 0.1) is 5.82 Å². The van der Waals surface area contributed by atoms with Crippen LogP contribution in [-0.4, -0.2) is 40.6 Å². The minimum Gasteiger partial charge on any atom is -0.340 e. The zero-order chi connectivity index (χ0) is 20.0. The van der Waals surface area contributed by atoms with E-state index in [4.69, 9.17) is 4.98 Å². The highest BCUT2D eigenvalue weighted by molar-refractivity contribution is 7.18. The highest BCUT2D eigenvalue weighted by Gasteiger charge is 2.25. The van der Waals surface area contributed by atoms with Crippen molar-refractivity contribution in [1.82, 2.24) is 14.5 Å². The molecule has 2 aromatic heterocycles. The summed E-state index contributed by atoms with van der Waals surface area (Å²) in [6, 6.07) is 6.81. The Morgan fingerprint density at radius 3 is 2.72 bits per heavy atom. The SMILES string of the molecule is Cn1c(N2CCN(Cc3cccc(F)c3)CC2)nc2sc3c(c2c1=O)CCCC3. The van der Waals surface area contributed by atoms with Gasteiger partial charge < -0.3 is 4.90 Å². The summed E-state index contributed by atoms with van der Waals surface area (Å²) in [4.78, 5) is 24.8. The number of aromatic nitrogens is 2. The highest BCUT2D eigenvalue weighted by atomic mass is 32.1. The van der Waals surface area contributed by atoms with Crippen molar-refractivity contribution in [3.8, 4) is 0 Å². The monoisotopic (exact) mass is 412 g/mol. The lowest BCUT2D eigenvalue weighted by atomic mass is 9.97. The van der Waals surface area contributed by atoms with Gasteiger partial charge in [0.1, 0.15) is 10.6 Å². The maximum absolute atomic E-state index is 13.4. The van der Waals surface area contributed by atoms with E-state index >= 15 is 0 Å². The van der Waals surface area contributed by atoms with E-state index in [9.17, 15) is 9.18 Å². The fourth-order valence-corrected chi connectivity index (χ4v) is 5.80. The Labute approximate surface area is 173 Å². The van der Waals surface area contributed by atoms with Gasteiger partial charge in [0.2, 0.25) is 5.95 Å². The second kappa shape index (κ2) is 7.54. The van der Waals surface area contributed by atoms with Gasteiger partial charge in [-0.15, -0.1) is 11.3 Å². The van der Waals surface area contributed by atoms with Crippen LogP contribution in [0.2, 0.25) is 0 Å². The first-order valence-electron chi connectivity index (χ1n) is 10.3. The van der Waals surface area contributed by atoms with Gasteiger partial charge in [-0.1, -0.05) is 12.1 Å². The molecule has 0 saturated carbocycles. The minimum atomic E-state index is -0.188. The lowest BCUT2D eigenvalue weighted by molar-refractivity contribution is 0.248. The largest absolute Gasteiger partial charge is 0.340 e. The van der Waals surface area contributed by atoms with Crippen LogP contribution in [0.3, 0.4) is 0 Å². The van der Waals surface area contributed by atoms with Crippen LogP contribution in [0.5, 0.6) is 0 Å². The maximum Gasteiger partial charge on any atom is 0.263 e. The predicted octanol–water partition coefficient (Wildman–Crippen LogP) is 3.34. The first kappa shape index (κ1) is 18.8. The number of fused-ring (bicyclic) bond motifs is 3. The van der Waals surface area contributed by atoms with E-state index in [-0.39, 0.29) is 11.4 Å². The molecule has 29 heavy (non-hydrogen) atoms. The molecule has 0 amide bonds. The molecule has 2 aliphatic rings. The number of piperazine rings is 1. The molecule has 0 N–H and O–H groups in total. The molecule has 3 heterocycles. The topological polar surface area (TPSA) is 41.4 Å². The molecular formula is C22H25FN4OS. The maximum atomic E-state index is 13.4. The standard InChI is InChI=1S/C22H25FN4OS/c1-25-21(28)19-17-7-2-3-8-18(17)29-20(19)24-22(25)27-11-9-26(10-12-27)14-15-5-4-6-16(23)13-15/h4-6,13H,2-3,7-12,14H2,1H3. The molecule has 1 saturated heterocycles. The van der Waals surface area contributed by atoms with Gasteiger partial charge in [0.25, 0.3) is 5.56 Å². The fourth-order valence-electron chi connectivity index (χ4n) is 4.56. The number of hydrogen-bond acceptors (Lipinski definition) is 5. The van der Waals surface area contributed by atoms with Gasteiger partial charge in [0.05, 0.1) is 5.39 Å². The van der Waals surface area contributed by atoms with Crippen molar-refractivity contribution in [2.45, 2.75) is 32.2 Å². The number of halogens is 1. The molecule has 1 aliphatic heterocycles. The number of hydrogen-bond donors (Lipinski definition) is 0. The average Bonchev–Trinajstić information content (AvgIpc) is 3.10. The zero-order valence-electron chi connectivity index (χ0n) is 16.7. The van der Waals surface area contributed by atoms with Gasteiger partial charge in [0.15, 0.2) is 0 Å². The van der Waals surface area contributed by atoms with E-state index in [1.807, 2.05) is 13.1 Å². The number of benzene rings is 1. The molecule has 1 aliphatic carbocycles. The molecule has 152 valence electrons. The van der Waals surface area contributed by atoms with Crippen molar-refractivity contribution < 1.29 is 4.39 Å². The van der Waals surface area contributed by atoms with E-state index < -0.39 is 0 Å². The van der Waals surface area contributed by atoms with E-state index in [0.717, 1.165) is 73.7 Å². The summed E-state index contributed by atoms with van der Waals surface area (Å²) in [7, 11) is 1.84. The van der Waals surface area contributed by atoms with Crippen molar-refractivity contribution in [1.29, 1.82) is 0 Å². The highest BCUT2D eigenvalue weighted by Crippen LogP contribution is 2.34. The molecule has 0 bridgehead atoms. The first-order valence-corrected chi connectivity index (χ1v) is 11.1. The Kier molecular flexibility index (Phi) is 4.87. The van der Waals surface area contributed by atoms with Crippen molar-refractivity contribution in [2.75, 3.05) is 31.1 Å². The van der Waals surface area contributed by atoms with Crippen LogP contribution < -0.4 is 10.5 Å². The summed E-state index contributed by atoms with van der Waals surface area (Å²) in [5, 5.41) is 0.848. The molecule has 5 nitrogen and oxygen atoms in total. The molecule has 5 rings (SSSR count). The molecule has 1 fully saturated rings. The third-order valence-corrected chi connectivity index (χ3v) is 7.31. The van der Waals surface area contributed by atoms with E-state index in [1.165, 1.54) is 22.9 Å². The Hall–Kier alpha value is -2.25. The molecular weight excluding hydrogens is 387 g/mol.